The normalized spacial score (nSPS) is 10.6. The number of hydrogen-bond donors (Lipinski definition) is 1. The molecule has 2 aromatic rings. The summed E-state index contributed by atoms with van der Waals surface area (Å²) >= 11 is 1.49. The molecule has 0 spiro atoms. The molecular weight excluding hydrogens is 262 g/mol. The first-order valence-corrected chi connectivity index (χ1v) is 7.09. The van der Waals surface area contributed by atoms with E-state index in [9.17, 15) is 4.79 Å². The molecule has 0 saturated carbocycles. The monoisotopic (exact) mass is 277 g/mol. The maximum atomic E-state index is 11.0. The first-order chi connectivity index (χ1) is 9.15. The van der Waals surface area contributed by atoms with Crippen LogP contribution in [0.15, 0.2) is 10.9 Å². The Bertz CT molecular complexity index is 557. The summed E-state index contributed by atoms with van der Waals surface area (Å²) in [6, 6.07) is 0. The van der Waals surface area contributed by atoms with Crippen LogP contribution in [0.3, 0.4) is 0 Å². The number of aliphatic carboxylic acids is 1. The Balaban J connectivity index is 2.54. The van der Waals surface area contributed by atoms with Crippen molar-refractivity contribution in [1.82, 2.24) is 15.0 Å². The molecule has 2 rings (SSSR count). The molecule has 0 atom stereocenters. The number of aryl methyl sites for hydroxylation is 2. The molecule has 5 nitrogen and oxygen atoms in total. The van der Waals surface area contributed by atoms with Crippen LogP contribution < -0.4 is 0 Å². The molecule has 0 fully saturated rings. The van der Waals surface area contributed by atoms with Gasteiger partial charge in [-0.1, -0.05) is 13.8 Å². The van der Waals surface area contributed by atoms with Gasteiger partial charge in [0.25, 0.3) is 0 Å². The van der Waals surface area contributed by atoms with Gasteiger partial charge in [-0.2, -0.15) is 0 Å². The van der Waals surface area contributed by atoms with Crippen molar-refractivity contribution in [2.75, 3.05) is 0 Å². The lowest BCUT2D eigenvalue weighted by molar-refractivity contribution is -0.136. The topological polar surface area (TPSA) is 76.0 Å². The number of rotatable bonds is 5. The molecule has 0 amide bonds. The number of nitrogens with zero attached hydrogens (tertiary/aromatic N) is 3. The standard InChI is InChI=1S/C13H15N3O2S/c1-3-9-8(5-12(17)18)10(4-2)16-13(15-9)11-6-19-7-14-11/h6-7H,3-5H2,1-2H3,(H,17,18). The van der Waals surface area contributed by atoms with Gasteiger partial charge < -0.3 is 5.11 Å². The molecule has 0 unspecified atom stereocenters. The van der Waals surface area contributed by atoms with Crippen molar-refractivity contribution in [3.05, 3.63) is 27.8 Å². The van der Waals surface area contributed by atoms with Gasteiger partial charge in [-0.15, -0.1) is 11.3 Å². The van der Waals surface area contributed by atoms with Gasteiger partial charge in [-0.05, 0) is 12.8 Å². The van der Waals surface area contributed by atoms with E-state index in [1.807, 2.05) is 19.2 Å². The van der Waals surface area contributed by atoms with Gasteiger partial charge in [-0.25, -0.2) is 15.0 Å². The average molecular weight is 277 g/mol. The van der Waals surface area contributed by atoms with Crippen LogP contribution >= 0.6 is 11.3 Å². The molecule has 0 aliphatic rings. The number of carboxylic acid groups (broad SMARTS) is 1. The minimum absolute atomic E-state index is 0.0241. The molecule has 6 heteroatoms. The summed E-state index contributed by atoms with van der Waals surface area (Å²) in [5.74, 6) is -0.265. The number of carboxylic acids is 1. The van der Waals surface area contributed by atoms with E-state index < -0.39 is 5.97 Å². The maximum Gasteiger partial charge on any atom is 0.307 e. The molecule has 0 saturated heterocycles. The van der Waals surface area contributed by atoms with E-state index in [1.54, 1.807) is 5.51 Å². The zero-order valence-corrected chi connectivity index (χ0v) is 11.7. The summed E-state index contributed by atoms with van der Waals surface area (Å²) < 4.78 is 0. The molecule has 0 aliphatic heterocycles. The van der Waals surface area contributed by atoms with E-state index in [0.717, 1.165) is 22.6 Å². The molecular formula is C13H15N3O2S. The van der Waals surface area contributed by atoms with Gasteiger partial charge in [0.15, 0.2) is 5.82 Å². The van der Waals surface area contributed by atoms with Crippen LogP contribution in [0.2, 0.25) is 0 Å². The zero-order valence-electron chi connectivity index (χ0n) is 10.9. The summed E-state index contributed by atoms with van der Waals surface area (Å²) in [6.45, 7) is 3.94. The number of hydrogen-bond acceptors (Lipinski definition) is 5. The summed E-state index contributed by atoms with van der Waals surface area (Å²) in [7, 11) is 0. The molecule has 0 aromatic carbocycles. The maximum absolute atomic E-state index is 11.0. The van der Waals surface area contributed by atoms with Crippen molar-refractivity contribution in [3.63, 3.8) is 0 Å². The first-order valence-electron chi connectivity index (χ1n) is 6.14. The zero-order chi connectivity index (χ0) is 13.8. The van der Waals surface area contributed by atoms with E-state index in [-0.39, 0.29) is 6.42 Å². The van der Waals surface area contributed by atoms with E-state index in [2.05, 4.69) is 15.0 Å². The summed E-state index contributed by atoms with van der Waals surface area (Å²) in [5.41, 5.74) is 4.84. The van der Waals surface area contributed by atoms with Crippen molar-refractivity contribution in [2.45, 2.75) is 33.1 Å². The predicted molar refractivity (Wildman–Crippen MR) is 73.2 cm³/mol. The van der Waals surface area contributed by atoms with Gasteiger partial charge >= 0.3 is 5.97 Å². The van der Waals surface area contributed by atoms with Crippen molar-refractivity contribution < 1.29 is 9.90 Å². The van der Waals surface area contributed by atoms with Gasteiger partial charge in [0, 0.05) is 22.3 Å². The number of carbonyl (C=O) groups is 1. The molecule has 2 aromatic heterocycles. The van der Waals surface area contributed by atoms with Gasteiger partial charge in [0.2, 0.25) is 0 Å². The van der Waals surface area contributed by atoms with E-state index in [0.29, 0.717) is 18.7 Å². The SMILES string of the molecule is CCc1nc(-c2cscn2)nc(CC)c1CC(=O)O. The third-order valence-electron chi connectivity index (χ3n) is 2.84. The smallest absolute Gasteiger partial charge is 0.307 e. The Hall–Kier alpha value is -1.82. The van der Waals surface area contributed by atoms with E-state index in [1.165, 1.54) is 11.3 Å². The highest BCUT2D eigenvalue weighted by Crippen LogP contribution is 2.20. The summed E-state index contributed by atoms with van der Waals surface area (Å²) in [4.78, 5) is 24.1. The molecule has 1 N–H and O–H groups in total. The van der Waals surface area contributed by atoms with Crippen molar-refractivity contribution in [1.29, 1.82) is 0 Å². The third-order valence-corrected chi connectivity index (χ3v) is 3.42. The van der Waals surface area contributed by atoms with Crippen LogP contribution in [0.5, 0.6) is 0 Å². The highest BCUT2D eigenvalue weighted by Gasteiger charge is 2.16. The van der Waals surface area contributed by atoms with Gasteiger partial charge in [0.1, 0.15) is 5.69 Å². The van der Waals surface area contributed by atoms with Crippen LogP contribution in [0.25, 0.3) is 11.5 Å². The van der Waals surface area contributed by atoms with Crippen LogP contribution in [0.4, 0.5) is 0 Å². The van der Waals surface area contributed by atoms with E-state index >= 15 is 0 Å². The molecule has 0 radical (unpaired) electrons. The van der Waals surface area contributed by atoms with E-state index in [4.69, 9.17) is 5.11 Å². The Morgan fingerprint density at radius 3 is 2.32 bits per heavy atom. The highest BCUT2D eigenvalue weighted by molar-refractivity contribution is 7.07. The molecule has 100 valence electrons. The fourth-order valence-electron chi connectivity index (χ4n) is 1.96. The largest absolute Gasteiger partial charge is 0.481 e. The minimum atomic E-state index is -0.852. The number of aromatic nitrogens is 3. The van der Waals surface area contributed by atoms with Crippen LogP contribution in [0, 0.1) is 0 Å². The summed E-state index contributed by atoms with van der Waals surface area (Å²) in [6.07, 6.45) is 1.36. The van der Waals surface area contributed by atoms with Gasteiger partial charge in [-0.3, -0.25) is 4.79 Å². The Kier molecular flexibility index (Phi) is 4.21. The highest BCUT2D eigenvalue weighted by atomic mass is 32.1. The Morgan fingerprint density at radius 1 is 1.26 bits per heavy atom. The van der Waals surface area contributed by atoms with Crippen molar-refractivity contribution in [2.24, 2.45) is 0 Å². The molecule has 2 heterocycles. The fourth-order valence-corrected chi connectivity index (χ4v) is 2.49. The Morgan fingerprint density at radius 2 is 1.89 bits per heavy atom. The third kappa shape index (κ3) is 2.96. The average Bonchev–Trinajstić information content (AvgIpc) is 2.92. The molecule has 19 heavy (non-hydrogen) atoms. The lowest BCUT2D eigenvalue weighted by Gasteiger charge is -2.11. The molecule has 0 aliphatic carbocycles. The lowest BCUT2D eigenvalue weighted by Crippen LogP contribution is -2.11. The minimum Gasteiger partial charge on any atom is -0.481 e. The quantitative estimate of drug-likeness (QED) is 0.907. The Labute approximate surface area is 115 Å². The predicted octanol–water partition coefficient (Wildman–Crippen LogP) is 2.35. The second kappa shape index (κ2) is 5.88. The van der Waals surface area contributed by atoms with Crippen LogP contribution in [-0.4, -0.2) is 26.0 Å². The van der Waals surface area contributed by atoms with Crippen molar-refractivity contribution >= 4 is 17.3 Å². The second-order valence-corrected chi connectivity index (χ2v) is 4.79. The van der Waals surface area contributed by atoms with Gasteiger partial charge in [0.05, 0.1) is 11.9 Å². The second-order valence-electron chi connectivity index (χ2n) is 4.07. The fraction of sp³-hybridized carbons (Fsp3) is 0.385. The lowest BCUT2D eigenvalue weighted by atomic mass is 10.0. The van der Waals surface area contributed by atoms with Crippen molar-refractivity contribution in [3.8, 4) is 11.5 Å². The van der Waals surface area contributed by atoms with Crippen LogP contribution in [-0.2, 0) is 24.1 Å². The first kappa shape index (κ1) is 13.6. The molecule has 0 bridgehead atoms. The number of thiazole rings is 1. The summed E-state index contributed by atoms with van der Waals surface area (Å²) in [5, 5.41) is 10.9. The van der Waals surface area contributed by atoms with Crippen LogP contribution in [0.1, 0.15) is 30.8 Å².